The Hall–Kier alpha value is -5.03. The lowest BCUT2D eigenvalue weighted by Crippen LogP contribution is -2.49. The molecule has 3 saturated carbocycles. The monoisotopic (exact) mass is 822 g/mol. The highest BCUT2D eigenvalue weighted by Crippen LogP contribution is 2.46. The maximum absolute atomic E-state index is 15.3. The van der Waals surface area contributed by atoms with Gasteiger partial charge in [-0.15, -0.1) is 0 Å². The van der Waals surface area contributed by atoms with Gasteiger partial charge in [-0.2, -0.15) is 17.5 Å². The van der Waals surface area contributed by atoms with Gasteiger partial charge in [0.25, 0.3) is 0 Å². The molecule has 4 aromatic carbocycles. The number of benzene rings is 4. The molecule has 1 N–H and O–H groups in total. The number of rotatable bonds is 14. The van der Waals surface area contributed by atoms with E-state index in [1.54, 1.807) is 0 Å². The Kier molecular flexibility index (Phi) is 10.6. The molecule has 1 unspecified atom stereocenters. The summed E-state index contributed by atoms with van der Waals surface area (Å²) < 4.78 is 151. The van der Waals surface area contributed by atoms with E-state index in [0.717, 1.165) is 79.0 Å². The van der Waals surface area contributed by atoms with Crippen LogP contribution in [0.4, 0.5) is 40.8 Å². The zero-order valence-electron chi connectivity index (χ0n) is 30.1. The number of anilines is 1. The molecule has 0 bridgehead atoms. The normalized spacial score (nSPS) is 16.5. The summed E-state index contributed by atoms with van der Waals surface area (Å²) in [5, 5.41) is 9.76. The molecule has 0 saturated heterocycles. The van der Waals surface area contributed by atoms with Crippen LogP contribution >= 0.6 is 0 Å². The Morgan fingerprint density at radius 1 is 0.789 bits per heavy atom. The lowest BCUT2D eigenvalue weighted by molar-refractivity contribution is -0.138. The first-order valence-corrected chi connectivity index (χ1v) is 19.5. The number of hydrogen-bond donors (Lipinski definition) is 1. The zero-order chi connectivity index (χ0) is 41.1. The van der Waals surface area contributed by atoms with E-state index in [-0.39, 0.29) is 45.8 Å². The lowest BCUT2D eigenvalue weighted by Gasteiger charge is -2.34. The van der Waals surface area contributed by atoms with Crippen LogP contribution in [0.1, 0.15) is 95.5 Å². The van der Waals surface area contributed by atoms with Crippen LogP contribution in [0.3, 0.4) is 0 Å². The van der Waals surface area contributed by atoms with Gasteiger partial charge in [-0.05, 0) is 104 Å². The first-order chi connectivity index (χ1) is 26.9. The second-order valence-corrected chi connectivity index (χ2v) is 16.4. The molecule has 4 aromatic rings. The molecule has 0 heterocycles. The van der Waals surface area contributed by atoms with Crippen molar-refractivity contribution < 1.29 is 63.0 Å². The summed E-state index contributed by atoms with van der Waals surface area (Å²) in [6, 6.07) is 10.6. The van der Waals surface area contributed by atoms with Gasteiger partial charge in [0.1, 0.15) is 11.8 Å². The molecule has 0 radical (unpaired) electrons. The predicted molar refractivity (Wildman–Crippen MR) is 189 cm³/mol. The minimum atomic E-state index is -6.06. The fraction of sp³-hybridized carbons (Fsp3) is 0.350. The van der Waals surface area contributed by atoms with Gasteiger partial charge in [-0.1, -0.05) is 36.4 Å². The number of hydrogen-bond acceptors (Lipinski definition) is 5. The van der Waals surface area contributed by atoms with E-state index in [9.17, 15) is 49.5 Å². The largest absolute Gasteiger partial charge is 0.488 e. The number of carboxylic acids is 1. The summed E-state index contributed by atoms with van der Waals surface area (Å²) in [6.07, 6.45) is -0.612. The number of ether oxygens (including phenoxy) is 1. The summed E-state index contributed by atoms with van der Waals surface area (Å²) in [6.45, 7) is -0.838. The molecule has 0 aromatic heterocycles. The number of carbonyl (C=O) groups excluding carboxylic acids is 1. The molecule has 3 aliphatic rings. The molecule has 3 aliphatic carbocycles. The standard InChI is InChI=1S/C40H34F8N2O6S/c1-20(50(19-25-4-2-3-5-29(25)40(46,47)48)57(54,55)37-35(44)33(42)32(41)34(43)36(37)45)38(51)49(30-13-10-24(39(52)53)17-31(30)56-28-11-12-28)18-21-14-26(22-6-7-22)16-27(15-21)23-8-9-23/h2-5,10,13-17,20,22-23,28H,6-9,11-12,18-19H2,1H3,(H,52,53). The van der Waals surface area contributed by atoms with Crippen LogP contribution in [-0.2, 0) is 34.1 Å². The van der Waals surface area contributed by atoms with Crippen LogP contribution in [0, 0.1) is 29.1 Å². The molecular weight excluding hydrogens is 788 g/mol. The highest BCUT2D eigenvalue weighted by Gasteiger charge is 2.44. The van der Waals surface area contributed by atoms with Crippen molar-refractivity contribution in [3.63, 3.8) is 0 Å². The Balaban J connectivity index is 1.39. The third kappa shape index (κ3) is 8.22. The van der Waals surface area contributed by atoms with Crippen molar-refractivity contribution in [2.45, 2.75) is 93.6 Å². The molecule has 0 spiro atoms. The van der Waals surface area contributed by atoms with Gasteiger partial charge in [0.15, 0.2) is 28.2 Å². The Morgan fingerprint density at radius 3 is 1.88 bits per heavy atom. The van der Waals surface area contributed by atoms with E-state index in [2.05, 4.69) is 6.07 Å². The zero-order valence-corrected chi connectivity index (χ0v) is 30.9. The summed E-state index contributed by atoms with van der Waals surface area (Å²) >= 11 is 0. The molecule has 1 amide bonds. The maximum atomic E-state index is 15.3. The van der Waals surface area contributed by atoms with Gasteiger partial charge in [0.2, 0.25) is 21.7 Å². The number of carbonyl (C=O) groups is 2. The highest BCUT2D eigenvalue weighted by atomic mass is 32.2. The summed E-state index contributed by atoms with van der Waals surface area (Å²) in [5.41, 5.74) is 0.0258. The first-order valence-electron chi connectivity index (χ1n) is 18.0. The number of aromatic carboxylic acids is 1. The average Bonchev–Trinajstić information content (AvgIpc) is 3.99. The third-order valence-corrected chi connectivity index (χ3v) is 12.2. The minimum absolute atomic E-state index is 0.0472. The molecule has 7 rings (SSSR count). The van der Waals surface area contributed by atoms with Crippen molar-refractivity contribution in [2.24, 2.45) is 0 Å². The van der Waals surface area contributed by atoms with Crippen LogP contribution in [0.25, 0.3) is 0 Å². The number of sulfonamides is 1. The van der Waals surface area contributed by atoms with Crippen LogP contribution in [-0.4, -0.2) is 41.9 Å². The molecular formula is C40H34F8N2O6S. The number of alkyl halides is 3. The Labute approximate surface area is 321 Å². The SMILES string of the molecule is CC(C(=O)N(Cc1cc(C2CC2)cc(C2CC2)c1)c1ccc(C(=O)O)cc1OC1CC1)N(Cc1ccccc1C(F)(F)F)S(=O)(=O)c1c(F)c(F)c(F)c(F)c1F. The number of nitrogens with zero attached hydrogens (tertiary/aromatic N) is 2. The third-order valence-electron chi connectivity index (χ3n) is 10.2. The molecule has 3 fully saturated rings. The van der Waals surface area contributed by atoms with E-state index in [1.807, 2.05) is 12.1 Å². The molecule has 302 valence electrons. The second kappa shape index (κ2) is 15.0. The highest BCUT2D eigenvalue weighted by molar-refractivity contribution is 7.89. The molecule has 8 nitrogen and oxygen atoms in total. The summed E-state index contributed by atoms with van der Waals surface area (Å²) in [4.78, 5) is 25.6. The fourth-order valence-corrected chi connectivity index (χ4v) is 8.43. The topological polar surface area (TPSA) is 104 Å². The van der Waals surface area contributed by atoms with E-state index < -0.39 is 85.8 Å². The lowest BCUT2D eigenvalue weighted by atomic mass is 9.99. The van der Waals surface area contributed by atoms with Crippen LogP contribution in [0.5, 0.6) is 5.75 Å². The van der Waals surface area contributed by atoms with Crippen LogP contribution in [0.15, 0.2) is 65.6 Å². The second-order valence-electron chi connectivity index (χ2n) is 14.6. The molecule has 1 atom stereocenters. The van der Waals surface area contributed by atoms with Crippen LogP contribution in [0.2, 0.25) is 0 Å². The Morgan fingerprint density at radius 2 is 1.35 bits per heavy atom. The van der Waals surface area contributed by atoms with Crippen molar-refractivity contribution in [1.82, 2.24) is 4.31 Å². The maximum Gasteiger partial charge on any atom is 0.416 e. The predicted octanol–water partition coefficient (Wildman–Crippen LogP) is 9.21. The number of carboxylic acid groups (broad SMARTS) is 1. The van der Waals surface area contributed by atoms with E-state index in [1.165, 1.54) is 6.07 Å². The molecule has 0 aliphatic heterocycles. The summed E-state index contributed by atoms with van der Waals surface area (Å²) in [7, 11) is -6.06. The number of amides is 1. The van der Waals surface area contributed by atoms with Crippen molar-refractivity contribution in [3.8, 4) is 5.75 Å². The van der Waals surface area contributed by atoms with E-state index >= 15 is 8.78 Å². The minimum Gasteiger partial charge on any atom is -0.488 e. The van der Waals surface area contributed by atoms with Gasteiger partial charge in [0.05, 0.1) is 29.5 Å². The van der Waals surface area contributed by atoms with Gasteiger partial charge in [-0.3, -0.25) is 4.79 Å². The average molecular weight is 823 g/mol. The summed E-state index contributed by atoms with van der Waals surface area (Å²) in [5.74, 6) is -15.7. The van der Waals surface area contributed by atoms with E-state index in [4.69, 9.17) is 4.74 Å². The van der Waals surface area contributed by atoms with Crippen molar-refractivity contribution in [1.29, 1.82) is 0 Å². The van der Waals surface area contributed by atoms with Crippen molar-refractivity contribution in [3.05, 3.63) is 123 Å². The Bertz CT molecular complexity index is 2320. The van der Waals surface area contributed by atoms with E-state index in [0.29, 0.717) is 24.5 Å². The van der Waals surface area contributed by atoms with Crippen LogP contribution < -0.4 is 9.64 Å². The van der Waals surface area contributed by atoms with Gasteiger partial charge in [0, 0.05) is 6.54 Å². The fourth-order valence-electron chi connectivity index (χ4n) is 6.75. The smallest absolute Gasteiger partial charge is 0.416 e. The van der Waals surface area contributed by atoms with Gasteiger partial charge < -0.3 is 14.7 Å². The van der Waals surface area contributed by atoms with Crippen molar-refractivity contribution in [2.75, 3.05) is 4.90 Å². The van der Waals surface area contributed by atoms with Gasteiger partial charge in [-0.25, -0.2) is 35.2 Å². The van der Waals surface area contributed by atoms with Gasteiger partial charge >= 0.3 is 12.1 Å². The first kappa shape index (κ1) is 40.2. The molecule has 57 heavy (non-hydrogen) atoms. The quantitative estimate of drug-likeness (QED) is 0.0773. The van der Waals surface area contributed by atoms with Crippen molar-refractivity contribution >= 4 is 27.6 Å². The number of halogens is 8. The molecule has 17 heteroatoms.